The van der Waals surface area contributed by atoms with Gasteiger partial charge in [0.25, 0.3) is 0 Å². The lowest BCUT2D eigenvalue weighted by molar-refractivity contribution is 0.661. The second-order valence-electron chi connectivity index (χ2n) is 15.2. The van der Waals surface area contributed by atoms with E-state index in [1.54, 1.807) is 0 Å². The fraction of sp³-hybridized carbons (Fsp3) is 0.0980. The molecule has 0 saturated heterocycles. The van der Waals surface area contributed by atoms with Gasteiger partial charge in [0.1, 0.15) is 0 Å². The number of anilines is 3. The first-order chi connectivity index (χ1) is 26.1. The molecule has 8 aromatic carbocycles. The molecule has 9 aromatic rings. The number of aryl methyl sites for hydroxylation is 1. The highest BCUT2D eigenvalue weighted by Crippen LogP contribution is 2.51. The van der Waals surface area contributed by atoms with Crippen molar-refractivity contribution in [3.8, 4) is 16.8 Å². The van der Waals surface area contributed by atoms with Crippen LogP contribution in [-0.2, 0) is 11.8 Å². The van der Waals surface area contributed by atoms with Gasteiger partial charge in [-0.3, -0.25) is 0 Å². The Balaban J connectivity index is 1.21. The van der Waals surface area contributed by atoms with Crippen molar-refractivity contribution in [3.05, 3.63) is 186 Å². The maximum Gasteiger partial charge on any atom is 0.0547 e. The zero-order valence-electron chi connectivity index (χ0n) is 30.0. The Kier molecular flexibility index (Phi) is 6.46. The first-order valence-electron chi connectivity index (χ1n) is 18.8. The molecule has 2 aliphatic rings. The van der Waals surface area contributed by atoms with E-state index in [1.807, 2.05) is 0 Å². The zero-order valence-corrected chi connectivity index (χ0v) is 30.0. The molecule has 252 valence electrons. The molecule has 1 heterocycles. The van der Waals surface area contributed by atoms with Crippen molar-refractivity contribution >= 4 is 66.5 Å². The van der Waals surface area contributed by atoms with Crippen LogP contribution in [0.5, 0.6) is 0 Å². The molecule has 2 aliphatic carbocycles. The third kappa shape index (κ3) is 4.39. The van der Waals surface area contributed by atoms with Gasteiger partial charge in [0.05, 0.1) is 11.0 Å². The molecule has 0 amide bonds. The van der Waals surface area contributed by atoms with E-state index < -0.39 is 0 Å². The molecule has 0 bridgehead atoms. The minimum atomic E-state index is -0.0938. The van der Waals surface area contributed by atoms with E-state index in [2.05, 4.69) is 193 Å². The number of hydrogen-bond acceptors (Lipinski definition) is 1. The van der Waals surface area contributed by atoms with E-state index in [0.717, 1.165) is 35.6 Å². The van der Waals surface area contributed by atoms with Crippen LogP contribution >= 0.6 is 0 Å². The molecule has 53 heavy (non-hydrogen) atoms. The first-order valence-corrected chi connectivity index (χ1v) is 18.8. The van der Waals surface area contributed by atoms with Gasteiger partial charge >= 0.3 is 0 Å². The van der Waals surface area contributed by atoms with Gasteiger partial charge in [-0.1, -0.05) is 111 Å². The van der Waals surface area contributed by atoms with Crippen molar-refractivity contribution in [2.75, 3.05) is 4.90 Å². The smallest absolute Gasteiger partial charge is 0.0547 e. The molecule has 2 heteroatoms. The quantitative estimate of drug-likeness (QED) is 0.168. The molecular formula is C51H38N2. The maximum atomic E-state index is 2.52. The second-order valence-corrected chi connectivity index (χ2v) is 15.2. The highest BCUT2D eigenvalue weighted by atomic mass is 15.1. The predicted octanol–water partition coefficient (Wildman–Crippen LogP) is 13.8. The lowest BCUT2D eigenvalue weighted by atomic mass is 9.82. The predicted molar refractivity (Wildman–Crippen MR) is 225 cm³/mol. The average Bonchev–Trinajstić information content (AvgIpc) is 3.65. The van der Waals surface area contributed by atoms with Crippen LogP contribution in [0, 0.1) is 0 Å². The molecule has 0 spiro atoms. The SMILES string of the molecule is CC1(C)c2ccccc2-c2cc3c4cc5c6c(c7ccccc7c5cc4n(-c4ccc(N(c5ccccc5)c5ccccc5)cc4)c3cc21)C=CCC6. The highest BCUT2D eigenvalue weighted by molar-refractivity contribution is 6.21. The molecular weight excluding hydrogens is 641 g/mol. The van der Waals surface area contributed by atoms with E-state index in [1.165, 1.54) is 76.7 Å². The van der Waals surface area contributed by atoms with Gasteiger partial charge in [0, 0.05) is 38.9 Å². The zero-order chi connectivity index (χ0) is 35.3. The van der Waals surface area contributed by atoms with Crippen LogP contribution in [0.25, 0.3) is 66.2 Å². The van der Waals surface area contributed by atoms with Crippen LogP contribution in [0.15, 0.2) is 164 Å². The summed E-state index contributed by atoms with van der Waals surface area (Å²) in [6, 6.07) is 58.5. The molecule has 0 aliphatic heterocycles. The molecule has 0 atom stereocenters. The molecule has 0 radical (unpaired) electrons. The number of benzene rings is 8. The Morgan fingerprint density at radius 2 is 1.11 bits per heavy atom. The fourth-order valence-electron chi connectivity index (χ4n) is 9.51. The number of rotatable bonds is 4. The number of allylic oxidation sites excluding steroid dienone is 1. The lowest BCUT2D eigenvalue weighted by Crippen LogP contribution is -2.15. The Bertz CT molecular complexity index is 2910. The van der Waals surface area contributed by atoms with Gasteiger partial charge < -0.3 is 9.47 Å². The van der Waals surface area contributed by atoms with Crippen molar-refractivity contribution in [2.45, 2.75) is 32.1 Å². The molecule has 0 N–H and O–H groups in total. The minimum Gasteiger partial charge on any atom is -0.311 e. The van der Waals surface area contributed by atoms with Crippen molar-refractivity contribution in [1.29, 1.82) is 0 Å². The van der Waals surface area contributed by atoms with Crippen LogP contribution < -0.4 is 4.90 Å². The second kappa shape index (κ2) is 11.3. The highest BCUT2D eigenvalue weighted by Gasteiger charge is 2.36. The van der Waals surface area contributed by atoms with Crippen molar-refractivity contribution in [2.24, 2.45) is 0 Å². The summed E-state index contributed by atoms with van der Waals surface area (Å²) in [4.78, 5) is 2.33. The number of para-hydroxylation sites is 2. The number of hydrogen-bond donors (Lipinski definition) is 0. The number of nitrogens with zero attached hydrogens (tertiary/aromatic N) is 2. The van der Waals surface area contributed by atoms with Crippen molar-refractivity contribution in [1.82, 2.24) is 4.57 Å². The summed E-state index contributed by atoms with van der Waals surface area (Å²) < 4.78 is 2.52. The first kappa shape index (κ1) is 30.3. The fourth-order valence-corrected chi connectivity index (χ4v) is 9.51. The van der Waals surface area contributed by atoms with E-state index in [9.17, 15) is 0 Å². The molecule has 0 unspecified atom stereocenters. The van der Waals surface area contributed by atoms with E-state index in [4.69, 9.17) is 0 Å². The Hall–Kier alpha value is -6.38. The van der Waals surface area contributed by atoms with E-state index in [-0.39, 0.29) is 5.41 Å². The van der Waals surface area contributed by atoms with Gasteiger partial charge in [-0.05, 0) is 141 Å². The molecule has 1 aromatic heterocycles. The van der Waals surface area contributed by atoms with Gasteiger partial charge in [0.15, 0.2) is 0 Å². The van der Waals surface area contributed by atoms with Crippen LogP contribution in [0.2, 0.25) is 0 Å². The summed E-state index contributed by atoms with van der Waals surface area (Å²) in [6.45, 7) is 4.76. The third-order valence-corrected chi connectivity index (χ3v) is 12.0. The Morgan fingerprint density at radius 3 is 1.87 bits per heavy atom. The summed E-state index contributed by atoms with van der Waals surface area (Å²) >= 11 is 0. The Labute approximate surface area is 309 Å². The van der Waals surface area contributed by atoms with Gasteiger partial charge in [-0.15, -0.1) is 0 Å². The Morgan fingerprint density at radius 1 is 0.491 bits per heavy atom. The van der Waals surface area contributed by atoms with Crippen LogP contribution in [0.3, 0.4) is 0 Å². The minimum absolute atomic E-state index is 0.0938. The lowest BCUT2D eigenvalue weighted by Gasteiger charge is -2.25. The summed E-state index contributed by atoms with van der Waals surface area (Å²) in [6.07, 6.45) is 6.84. The van der Waals surface area contributed by atoms with Crippen LogP contribution in [-0.4, -0.2) is 4.57 Å². The maximum absolute atomic E-state index is 2.52. The van der Waals surface area contributed by atoms with Gasteiger partial charge in [0.2, 0.25) is 0 Å². The number of aromatic nitrogens is 1. The third-order valence-electron chi connectivity index (χ3n) is 12.0. The standard InChI is InChI=1S/C51H38N2/c1-51(2)47-24-14-13-23-41(47)44-30-46-45-29-42-39-21-11-9-19-37(39)38-20-10-12-22-40(38)43(42)31-49(45)53(50(46)32-48(44)51)36-27-25-35(26-28-36)52(33-15-5-3-6-16-33)34-17-7-4-8-18-34/h3-10,12-20,22-32H,11,21H2,1-2H3. The normalized spacial score (nSPS) is 14.2. The average molecular weight is 679 g/mol. The van der Waals surface area contributed by atoms with Crippen LogP contribution in [0.1, 0.15) is 42.5 Å². The van der Waals surface area contributed by atoms with Crippen LogP contribution in [0.4, 0.5) is 17.1 Å². The van der Waals surface area contributed by atoms with E-state index in [0.29, 0.717) is 0 Å². The van der Waals surface area contributed by atoms with E-state index >= 15 is 0 Å². The van der Waals surface area contributed by atoms with Crippen molar-refractivity contribution in [3.63, 3.8) is 0 Å². The van der Waals surface area contributed by atoms with Gasteiger partial charge in [-0.25, -0.2) is 0 Å². The molecule has 2 nitrogen and oxygen atoms in total. The summed E-state index contributed by atoms with van der Waals surface area (Å²) in [5.74, 6) is 0. The monoisotopic (exact) mass is 678 g/mol. The largest absolute Gasteiger partial charge is 0.311 e. The number of fused-ring (bicyclic) bond motifs is 12. The molecule has 11 rings (SSSR count). The van der Waals surface area contributed by atoms with Gasteiger partial charge in [-0.2, -0.15) is 0 Å². The topological polar surface area (TPSA) is 8.17 Å². The summed E-state index contributed by atoms with van der Waals surface area (Å²) in [5.41, 5.74) is 15.3. The molecule has 0 saturated carbocycles. The van der Waals surface area contributed by atoms with Crippen molar-refractivity contribution < 1.29 is 0 Å². The summed E-state index contributed by atoms with van der Waals surface area (Å²) in [7, 11) is 0. The summed E-state index contributed by atoms with van der Waals surface area (Å²) in [5, 5.41) is 8.00. The molecule has 0 fully saturated rings.